The Balaban J connectivity index is 1.60. The topological polar surface area (TPSA) is 95.1 Å². The largest absolute Gasteiger partial charge is 0.496 e. The van der Waals surface area contributed by atoms with Gasteiger partial charge < -0.3 is 29.6 Å². The van der Waals surface area contributed by atoms with Crippen LogP contribution in [0.4, 0.5) is 0 Å². The van der Waals surface area contributed by atoms with Crippen molar-refractivity contribution in [1.82, 2.24) is 10.6 Å². The molecule has 0 saturated carbocycles. The standard InChI is InChI=1S/C20H22N2O6/c1-12(22-20(24)18-15(25-2)5-4-6-16(18)26-3)19(23)21-10-13-7-8-14-17(9-13)28-11-27-14/h4-9,12H,10-11H2,1-3H3,(H,21,23)(H,22,24)/t12-/m0/s1. The SMILES string of the molecule is COc1cccc(OC)c1C(=O)N[C@@H](C)C(=O)NCc1ccc2c(c1)OCO2. The molecule has 3 rings (SSSR count). The fourth-order valence-electron chi connectivity index (χ4n) is 2.80. The molecule has 148 valence electrons. The number of carbonyl (C=O) groups is 2. The molecule has 2 aromatic carbocycles. The van der Waals surface area contributed by atoms with Crippen molar-refractivity contribution in [3.8, 4) is 23.0 Å². The summed E-state index contributed by atoms with van der Waals surface area (Å²) in [5, 5.41) is 5.46. The van der Waals surface area contributed by atoms with E-state index in [-0.39, 0.29) is 18.3 Å². The van der Waals surface area contributed by atoms with Crippen LogP contribution in [0.25, 0.3) is 0 Å². The number of methoxy groups -OCH3 is 2. The molecule has 0 bridgehead atoms. The van der Waals surface area contributed by atoms with Crippen molar-refractivity contribution in [3.05, 3.63) is 47.5 Å². The van der Waals surface area contributed by atoms with Gasteiger partial charge in [-0.15, -0.1) is 0 Å². The number of benzene rings is 2. The highest BCUT2D eigenvalue weighted by Gasteiger charge is 2.22. The summed E-state index contributed by atoms with van der Waals surface area (Å²) in [5.41, 5.74) is 1.10. The van der Waals surface area contributed by atoms with E-state index in [2.05, 4.69) is 10.6 Å². The Labute approximate surface area is 162 Å². The van der Waals surface area contributed by atoms with Gasteiger partial charge in [0, 0.05) is 6.54 Å². The molecule has 2 aromatic rings. The highest BCUT2D eigenvalue weighted by molar-refractivity contribution is 6.01. The lowest BCUT2D eigenvalue weighted by Crippen LogP contribution is -2.44. The Hall–Kier alpha value is -3.42. The van der Waals surface area contributed by atoms with E-state index in [0.717, 1.165) is 5.56 Å². The second kappa shape index (κ2) is 8.51. The minimum atomic E-state index is -0.754. The van der Waals surface area contributed by atoms with Gasteiger partial charge >= 0.3 is 0 Å². The minimum absolute atomic E-state index is 0.195. The van der Waals surface area contributed by atoms with Crippen molar-refractivity contribution in [1.29, 1.82) is 0 Å². The van der Waals surface area contributed by atoms with Gasteiger partial charge in [0.15, 0.2) is 11.5 Å². The van der Waals surface area contributed by atoms with Crippen LogP contribution in [-0.2, 0) is 11.3 Å². The Kier molecular flexibility index (Phi) is 5.88. The van der Waals surface area contributed by atoms with Crippen molar-refractivity contribution in [3.63, 3.8) is 0 Å². The maximum atomic E-state index is 12.6. The zero-order chi connectivity index (χ0) is 20.1. The lowest BCUT2D eigenvalue weighted by Gasteiger charge is -2.17. The smallest absolute Gasteiger partial charge is 0.259 e. The molecule has 0 radical (unpaired) electrons. The van der Waals surface area contributed by atoms with Crippen LogP contribution in [0, 0.1) is 0 Å². The first kappa shape index (κ1) is 19.3. The first-order chi connectivity index (χ1) is 13.5. The summed E-state index contributed by atoms with van der Waals surface area (Å²) in [5.74, 6) is 1.28. The Morgan fingerprint density at radius 3 is 2.43 bits per heavy atom. The van der Waals surface area contributed by atoms with Crippen molar-refractivity contribution in [2.75, 3.05) is 21.0 Å². The van der Waals surface area contributed by atoms with E-state index in [4.69, 9.17) is 18.9 Å². The molecule has 8 heteroatoms. The monoisotopic (exact) mass is 386 g/mol. The molecular formula is C20H22N2O6. The maximum absolute atomic E-state index is 12.6. The maximum Gasteiger partial charge on any atom is 0.259 e. The molecule has 28 heavy (non-hydrogen) atoms. The van der Waals surface area contributed by atoms with Crippen LogP contribution in [0.1, 0.15) is 22.8 Å². The van der Waals surface area contributed by atoms with Gasteiger partial charge in [0.2, 0.25) is 12.7 Å². The molecule has 1 heterocycles. The van der Waals surface area contributed by atoms with Crippen LogP contribution in [0.3, 0.4) is 0 Å². The van der Waals surface area contributed by atoms with Crippen LogP contribution < -0.4 is 29.6 Å². The fraction of sp³-hybridized carbons (Fsp3) is 0.300. The summed E-state index contributed by atoms with van der Waals surface area (Å²) in [6, 6.07) is 9.72. The molecule has 0 fully saturated rings. The van der Waals surface area contributed by atoms with Crippen LogP contribution in [0.5, 0.6) is 23.0 Å². The summed E-state index contributed by atoms with van der Waals surface area (Å²) in [4.78, 5) is 25.0. The molecule has 0 aliphatic carbocycles. The van der Waals surface area contributed by atoms with E-state index < -0.39 is 11.9 Å². The number of hydrogen-bond donors (Lipinski definition) is 2. The molecule has 0 aromatic heterocycles. The Morgan fingerprint density at radius 2 is 1.75 bits per heavy atom. The Bertz CT molecular complexity index is 861. The molecule has 8 nitrogen and oxygen atoms in total. The average Bonchev–Trinajstić information content (AvgIpc) is 3.18. The third kappa shape index (κ3) is 4.11. The minimum Gasteiger partial charge on any atom is -0.496 e. The van der Waals surface area contributed by atoms with E-state index >= 15 is 0 Å². The average molecular weight is 386 g/mol. The molecule has 2 amide bonds. The highest BCUT2D eigenvalue weighted by atomic mass is 16.7. The van der Waals surface area contributed by atoms with Gasteiger partial charge in [-0.05, 0) is 36.8 Å². The summed E-state index contributed by atoms with van der Waals surface area (Å²) < 4.78 is 21.0. The van der Waals surface area contributed by atoms with Crippen molar-refractivity contribution >= 4 is 11.8 Å². The number of rotatable bonds is 7. The number of hydrogen-bond acceptors (Lipinski definition) is 6. The summed E-state index contributed by atoms with van der Waals surface area (Å²) in [7, 11) is 2.93. The molecule has 0 spiro atoms. The zero-order valence-electron chi connectivity index (χ0n) is 15.9. The van der Waals surface area contributed by atoms with Crippen LogP contribution in [-0.4, -0.2) is 38.9 Å². The zero-order valence-corrected chi connectivity index (χ0v) is 15.9. The summed E-state index contributed by atoms with van der Waals surface area (Å²) in [6.45, 7) is 2.10. The second-order valence-corrected chi connectivity index (χ2v) is 6.14. The number of ether oxygens (including phenoxy) is 4. The van der Waals surface area contributed by atoms with Gasteiger partial charge in [-0.25, -0.2) is 0 Å². The van der Waals surface area contributed by atoms with Gasteiger partial charge in [0.25, 0.3) is 5.91 Å². The van der Waals surface area contributed by atoms with Crippen molar-refractivity contribution in [2.45, 2.75) is 19.5 Å². The lowest BCUT2D eigenvalue weighted by molar-refractivity contribution is -0.122. The van der Waals surface area contributed by atoms with E-state index in [1.165, 1.54) is 14.2 Å². The predicted octanol–water partition coefficient (Wildman–Crippen LogP) is 1.87. The first-order valence-electron chi connectivity index (χ1n) is 8.71. The third-order valence-corrected chi connectivity index (χ3v) is 4.30. The quantitative estimate of drug-likeness (QED) is 0.754. The van der Waals surface area contributed by atoms with Gasteiger partial charge in [0.1, 0.15) is 23.1 Å². The number of carbonyl (C=O) groups excluding carboxylic acids is 2. The van der Waals surface area contributed by atoms with E-state index in [1.807, 2.05) is 12.1 Å². The molecule has 1 atom stereocenters. The Morgan fingerprint density at radius 1 is 1.07 bits per heavy atom. The lowest BCUT2D eigenvalue weighted by atomic mass is 10.1. The van der Waals surface area contributed by atoms with Gasteiger partial charge in [-0.3, -0.25) is 9.59 Å². The van der Waals surface area contributed by atoms with E-state index in [0.29, 0.717) is 29.5 Å². The van der Waals surface area contributed by atoms with Gasteiger partial charge in [0.05, 0.1) is 14.2 Å². The third-order valence-electron chi connectivity index (χ3n) is 4.30. The van der Waals surface area contributed by atoms with Crippen molar-refractivity contribution in [2.24, 2.45) is 0 Å². The first-order valence-corrected chi connectivity index (χ1v) is 8.71. The van der Waals surface area contributed by atoms with Crippen LogP contribution in [0.15, 0.2) is 36.4 Å². The number of amides is 2. The van der Waals surface area contributed by atoms with Gasteiger partial charge in [-0.1, -0.05) is 12.1 Å². The number of nitrogens with one attached hydrogen (secondary N) is 2. The van der Waals surface area contributed by atoms with Gasteiger partial charge in [-0.2, -0.15) is 0 Å². The normalized spacial score (nSPS) is 12.8. The molecule has 0 unspecified atom stereocenters. The molecule has 2 N–H and O–H groups in total. The number of fused-ring (bicyclic) bond motifs is 1. The summed E-state index contributed by atoms with van der Waals surface area (Å²) in [6.07, 6.45) is 0. The summed E-state index contributed by atoms with van der Waals surface area (Å²) >= 11 is 0. The van der Waals surface area contributed by atoms with Crippen LogP contribution >= 0.6 is 0 Å². The molecule has 0 saturated heterocycles. The molecular weight excluding hydrogens is 364 g/mol. The second-order valence-electron chi connectivity index (χ2n) is 6.14. The van der Waals surface area contributed by atoms with Crippen LogP contribution in [0.2, 0.25) is 0 Å². The van der Waals surface area contributed by atoms with E-state index in [1.54, 1.807) is 31.2 Å². The predicted molar refractivity (Wildman–Crippen MR) is 101 cm³/mol. The van der Waals surface area contributed by atoms with Crippen molar-refractivity contribution < 1.29 is 28.5 Å². The fourth-order valence-corrected chi connectivity index (χ4v) is 2.80. The van der Waals surface area contributed by atoms with E-state index in [9.17, 15) is 9.59 Å². The molecule has 1 aliphatic heterocycles. The molecule has 1 aliphatic rings. The highest BCUT2D eigenvalue weighted by Crippen LogP contribution is 2.32.